The van der Waals surface area contributed by atoms with Crippen LogP contribution in [-0.2, 0) is 12.8 Å². The SMILES string of the molecule is CC(C)c1c(Cl)ncnc1-c1ccc2c(c1)CCC2. The van der Waals surface area contributed by atoms with E-state index in [9.17, 15) is 0 Å². The molecule has 98 valence electrons. The highest BCUT2D eigenvalue weighted by Crippen LogP contribution is 2.33. The van der Waals surface area contributed by atoms with Gasteiger partial charge in [0.05, 0.1) is 5.69 Å². The fourth-order valence-corrected chi connectivity index (χ4v) is 3.19. The van der Waals surface area contributed by atoms with E-state index in [4.69, 9.17) is 11.6 Å². The van der Waals surface area contributed by atoms with Crippen LogP contribution in [0.2, 0.25) is 5.15 Å². The van der Waals surface area contributed by atoms with Crippen LogP contribution in [0.3, 0.4) is 0 Å². The summed E-state index contributed by atoms with van der Waals surface area (Å²) in [6, 6.07) is 6.67. The predicted molar refractivity (Wildman–Crippen MR) is 78.6 cm³/mol. The third-order valence-electron chi connectivity index (χ3n) is 3.78. The molecule has 2 aromatic rings. The molecule has 0 aliphatic heterocycles. The smallest absolute Gasteiger partial charge is 0.136 e. The number of aromatic nitrogens is 2. The van der Waals surface area contributed by atoms with Crippen LogP contribution in [0.15, 0.2) is 24.5 Å². The van der Waals surface area contributed by atoms with Gasteiger partial charge in [-0.05, 0) is 42.4 Å². The minimum atomic E-state index is 0.317. The molecule has 0 fully saturated rings. The van der Waals surface area contributed by atoms with Crippen LogP contribution < -0.4 is 0 Å². The highest BCUT2D eigenvalue weighted by molar-refractivity contribution is 6.30. The average molecular weight is 273 g/mol. The van der Waals surface area contributed by atoms with Crippen LogP contribution in [0.4, 0.5) is 0 Å². The molecule has 0 radical (unpaired) electrons. The molecule has 0 saturated heterocycles. The Bertz CT molecular complexity index is 620. The number of hydrogen-bond acceptors (Lipinski definition) is 2. The topological polar surface area (TPSA) is 25.8 Å². The largest absolute Gasteiger partial charge is 0.236 e. The number of fused-ring (bicyclic) bond motifs is 1. The molecule has 1 aliphatic carbocycles. The van der Waals surface area contributed by atoms with Crippen LogP contribution in [0.5, 0.6) is 0 Å². The van der Waals surface area contributed by atoms with Gasteiger partial charge in [0, 0.05) is 11.1 Å². The maximum atomic E-state index is 6.24. The van der Waals surface area contributed by atoms with Crippen molar-refractivity contribution in [2.45, 2.75) is 39.0 Å². The van der Waals surface area contributed by atoms with Gasteiger partial charge in [-0.2, -0.15) is 0 Å². The van der Waals surface area contributed by atoms with Crippen molar-refractivity contribution in [3.8, 4) is 11.3 Å². The Balaban J connectivity index is 2.14. The lowest BCUT2D eigenvalue weighted by Gasteiger charge is -2.13. The predicted octanol–water partition coefficient (Wildman–Crippen LogP) is 4.41. The van der Waals surface area contributed by atoms with Crippen molar-refractivity contribution < 1.29 is 0 Å². The van der Waals surface area contributed by atoms with Gasteiger partial charge in [0.25, 0.3) is 0 Å². The van der Waals surface area contributed by atoms with Gasteiger partial charge < -0.3 is 0 Å². The molecule has 1 aromatic carbocycles. The maximum absolute atomic E-state index is 6.24. The van der Waals surface area contributed by atoms with E-state index in [-0.39, 0.29) is 0 Å². The Kier molecular flexibility index (Phi) is 3.28. The Morgan fingerprint density at radius 2 is 1.89 bits per heavy atom. The van der Waals surface area contributed by atoms with Crippen LogP contribution in [0.1, 0.15) is 42.9 Å². The zero-order valence-electron chi connectivity index (χ0n) is 11.3. The van der Waals surface area contributed by atoms with E-state index < -0.39 is 0 Å². The van der Waals surface area contributed by atoms with Crippen molar-refractivity contribution >= 4 is 11.6 Å². The number of hydrogen-bond donors (Lipinski definition) is 0. The second-order valence-electron chi connectivity index (χ2n) is 5.42. The molecule has 3 rings (SSSR count). The van der Waals surface area contributed by atoms with Gasteiger partial charge >= 0.3 is 0 Å². The molecule has 1 aliphatic rings. The first-order chi connectivity index (χ1) is 9.16. The Hall–Kier alpha value is -1.41. The second-order valence-corrected chi connectivity index (χ2v) is 5.78. The first-order valence-corrected chi connectivity index (χ1v) is 7.17. The molecule has 19 heavy (non-hydrogen) atoms. The van der Waals surface area contributed by atoms with Crippen molar-refractivity contribution in [1.82, 2.24) is 9.97 Å². The average Bonchev–Trinajstić information content (AvgIpc) is 2.85. The first kappa shape index (κ1) is 12.6. The molecule has 0 saturated carbocycles. The normalized spacial score (nSPS) is 13.9. The second kappa shape index (κ2) is 4.93. The van der Waals surface area contributed by atoms with Crippen molar-refractivity contribution in [2.24, 2.45) is 0 Å². The molecule has 0 atom stereocenters. The summed E-state index contributed by atoms with van der Waals surface area (Å²) in [7, 11) is 0. The number of rotatable bonds is 2. The highest BCUT2D eigenvalue weighted by Gasteiger charge is 2.17. The zero-order chi connectivity index (χ0) is 13.4. The lowest BCUT2D eigenvalue weighted by Crippen LogP contribution is -1.99. The van der Waals surface area contributed by atoms with Crippen LogP contribution in [-0.4, -0.2) is 9.97 Å². The van der Waals surface area contributed by atoms with Gasteiger partial charge in [-0.15, -0.1) is 0 Å². The lowest BCUT2D eigenvalue weighted by molar-refractivity contribution is 0.849. The van der Waals surface area contributed by atoms with E-state index in [0.29, 0.717) is 11.1 Å². The summed E-state index contributed by atoms with van der Waals surface area (Å²) in [5.41, 5.74) is 6.12. The Morgan fingerprint density at radius 3 is 2.68 bits per heavy atom. The summed E-state index contributed by atoms with van der Waals surface area (Å²) >= 11 is 6.24. The van der Waals surface area contributed by atoms with Gasteiger partial charge in [-0.1, -0.05) is 37.6 Å². The van der Waals surface area contributed by atoms with Gasteiger partial charge in [0.2, 0.25) is 0 Å². The summed E-state index contributed by atoms with van der Waals surface area (Å²) in [6.07, 6.45) is 5.20. The molecule has 0 N–H and O–H groups in total. The van der Waals surface area contributed by atoms with E-state index in [1.54, 1.807) is 6.33 Å². The van der Waals surface area contributed by atoms with Crippen LogP contribution in [0, 0.1) is 0 Å². The Morgan fingerprint density at radius 1 is 1.11 bits per heavy atom. The van der Waals surface area contributed by atoms with Crippen molar-refractivity contribution in [2.75, 3.05) is 0 Å². The number of aryl methyl sites for hydroxylation is 2. The van der Waals surface area contributed by atoms with Crippen molar-refractivity contribution in [3.05, 3.63) is 46.4 Å². The van der Waals surface area contributed by atoms with Gasteiger partial charge in [-0.3, -0.25) is 0 Å². The van der Waals surface area contributed by atoms with E-state index in [2.05, 4.69) is 42.0 Å². The van der Waals surface area contributed by atoms with E-state index >= 15 is 0 Å². The zero-order valence-corrected chi connectivity index (χ0v) is 12.0. The summed E-state index contributed by atoms with van der Waals surface area (Å²) in [5, 5.41) is 0.570. The highest BCUT2D eigenvalue weighted by atomic mass is 35.5. The van der Waals surface area contributed by atoms with Crippen molar-refractivity contribution in [3.63, 3.8) is 0 Å². The van der Waals surface area contributed by atoms with E-state index in [1.165, 1.54) is 30.4 Å². The number of nitrogens with zero attached hydrogens (tertiary/aromatic N) is 2. The van der Waals surface area contributed by atoms with Crippen LogP contribution >= 0.6 is 11.6 Å². The van der Waals surface area contributed by atoms with Gasteiger partial charge in [-0.25, -0.2) is 9.97 Å². The van der Waals surface area contributed by atoms with E-state index in [0.717, 1.165) is 16.8 Å². The molecule has 0 spiro atoms. The van der Waals surface area contributed by atoms with Crippen LogP contribution in [0.25, 0.3) is 11.3 Å². The molecule has 1 aromatic heterocycles. The minimum Gasteiger partial charge on any atom is -0.236 e. The molecule has 1 heterocycles. The molecule has 0 bridgehead atoms. The fourth-order valence-electron chi connectivity index (χ4n) is 2.83. The molecule has 0 unspecified atom stereocenters. The fraction of sp³-hybridized carbons (Fsp3) is 0.375. The Labute approximate surface area is 118 Å². The third kappa shape index (κ3) is 2.25. The summed E-state index contributed by atoms with van der Waals surface area (Å²) < 4.78 is 0. The van der Waals surface area contributed by atoms with E-state index in [1.807, 2.05) is 0 Å². The van der Waals surface area contributed by atoms with Gasteiger partial charge in [0.1, 0.15) is 11.5 Å². The summed E-state index contributed by atoms with van der Waals surface area (Å²) in [4.78, 5) is 8.57. The lowest BCUT2D eigenvalue weighted by atomic mass is 9.96. The first-order valence-electron chi connectivity index (χ1n) is 6.79. The van der Waals surface area contributed by atoms with Crippen molar-refractivity contribution in [1.29, 1.82) is 0 Å². The standard InChI is InChI=1S/C16H17ClN2/c1-10(2)14-15(18-9-19-16(14)17)13-7-6-11-4-3-5-12(11)8-13/h6-10H,3-5H2,1-2H3. The minimum absolute atomic E-state index is 0.317. The molecule has 2 nitrogen and oxygen atoms in total. The number of halogens is 1. The molecule has 3 heteroatoms. The third-order valence-corrected chi connectivity index (χ3v) is 4.09. The molecular formula is C16H17ClN2. The monoisotopic (exact) mass is 272 g/mol. The summed E-state index contributed by atoms with van der Waals surface area (Å²) in [6.45, 7) is 4.25. The molecule has 0 amide bonds. The van der Waals surface area contributed by atoms with Gasteiger partial charge in [0.15, 0.2) is 0 Å². The number of benzene rings is 1. The summed E-state index contributed by atoms with van der Waals surface area (Å²) in [5.74, 6) is 0.317. The molecular weight excluding hydrogens is 256 g/mol. The quantitative estimate of drug-likeness (QED) is 0.757. The maximum Gasteiger partial charge on any atom is 0.136 e.